The minimum absolute atomic E-state index is 0.213. The van der Waals surface area contributed by atoms with Crippen LogP contribution >= 0.6 is 45.8 Å². The minimum Gasteiger partial charge on any atom is -0.493 e. The molecule has 10 heteroatoms. The van der Waals surface area contributed by atoms with E-state index in [0.29, 0.717) is 30.7 Å². The van der Waals surface area contributed by atoms with Gasteiger partial charge >= 0.3 is 6.03 Å². The van der Waals surface area contributed by atoms with Crippen molar-refractivity contribution in [2.75, 3.05) is 12.0 Å². The van der Waals surface area contributed by atoms with Crippen LogP contribution in [0.3, 0.4) is 0 Å². The number of nitrogens with one attached hydrogen (secondary N) is 1. The summed E-state index contributed by atoms with van der Waals surface area (Å²) < 4.78 is 12.2. The van der Waals surface area contributed by atoms with Crippen LogP contribution in [0.2, 0.25) is 10.0 Å². The molecule has 1 aliphatic heterocycles. The van der Waals surface area contributed by atoms with Crippen molar-refractivity contribution in [2.24, 2.45) is 0 Å². The van der Waals surface area contributed by atoms with Crippen molar-refractivity contribution < 1.29 is 23.9 Å². The summed E-state index contributed by atoms with van der Waals surface area (Å²) in [6.45, 7) is 0.269. The van der Waals surface area contributed by atoms with Gasteiger partial charge in [0.15, 0.2) is 11.5 Å². The van der Waals surface area contributed by atoms with Crippen LogP contribution in [-0.4, -0.2) is 25.0 Å². The van der Waals surface area contributed by atoms with Gasteiger partial charge in [-0.05, 0) is 82.3 Å². The molecule has 0 atom stereocenters. The van der Waals surface area contributed by atoms with Gasteiger partial charge in [0.05, 0.1) is 16.4 Å². The monoisotopic (exact) mass is 622 g/mol. The van der Waals surface area contributed by atoms with Crippen LogP contribution in [0.15, 0.2) is 66.2 Å². The molecule has 3 aromatic carbocycles. The van der Waals surface area contributed by atoms with Crippen molar-refractivity contribution in [1.29, 1.82) is 0 Å². The number of amides is 4. The summed E-state index contributed by atoms with van der Waals surface area (Å²) in [6.07, 6.45) is 1.40. The zero-order valence-electron chi connectivity index (χ0n) is 18.2. The van der Waals surface area contributed by atoms with Crippen LogP contribution < -0.4 is 19.7 Å². The molecule has 0 radical (unpaired) electrons. The Labute approximate surface area is 224 Å². The minimum atomic E-state index is -0.851. The number of barbiturate groups is 1. The van der Waals surface area contributed by atoms with Crippen LogP contribution in [0.25, 0.3) is 6.08 Å². The van der Waals surface area contributed by atoms with Gasteiger partial charge in [-0.1, -0.05) is 41.4 Å². The molecule has 4 amide bonds. The fourth-order valence-corrected chi connectivity index (χ4v) is 4.60. The summed E-state index contributed by atoms with van der Waals surface area (Å²) in [7, 11) is 1.49. The molecule has 4 rings (SSSR count). The van der Waals surface area contributed by atoms with E-state index in [1.165, 1.54) is 19.3 Å². The number of halogens is 3. The fraction of sp³-hybridized carbons (Fsp3) is 0.0800. The highest BCUT2D eigenvalue weighted by Gasteiger charge is 2.37. The number of methoxy groups -OCH3 is 1. The van der Waals surface area contributed by atoms with E-state index in [2.05, 4.69) is 27.9 Å². The number of rotatable bonds is 6. The first-order valence-electron chi connectivity index (χ1n) is 10.2. The third kappa shape index (κ3) is 5.61. The standard InChI is InChI=1S/C25H17Cl2IN2O5/c1-34-21-11-15(10-20(28)22(21)35-13-14-4-2-5-16(26)8-14)9-19-23(31)29-25(33)30(24(19)32)18-7-3-6-17(27)12-18/h2-12H,13H2,1H3,(H,29,31,33)/b19-9+. The second kappa shape index (κ2) is 10.7. The molecule has 0 unspecified atom stereocenters. The van der Waals surface area contributed by atoms with E-state index < -0.39 is 17.8 Å². The average molecular weight is 623 g/mol. The van der Waals surface area contributed by atoms with Gasteiger partial charge < -0.3 is 9.47 Å². The quantitative estimate of drug-likeness (QED) is 0.212. The summed E-state index contributed by atoms with van der Waals surface area (Å²) in [5.74, 6) is -0.646. The summed E-state index contributed by atoms with van der Waals surface area (Å²) in [6, 6.07) is 16.1. The fourth-order valence-electron chi connectivity index (χ4n) is 3.42. The SMILES string of the molecule is COc1cc(/C=C2\C(=O)NC(=O)N(c3cccc(Cl)c3)C2=O)cc(I)c1OCc1cccc(Cl)c1. The predicted octanol–water partition coefficient (Wildman–Crippen LogP) is 5.85. The Morgan fingerprint density at radius 3 is 2.40 bits per heavy atom. The number of urea groups is 1. The van der Waals surface area contributed by atoms with Crippen LogP contribution in [0.5, 0.6) is 11.5 Å². The zero-order valence-corrected chi connectivity index (χ0v) is 21.8. The van der Waals surface area contributed by atoms with Gasteiger partial charge in [-0.3, -0.25) is 14.9 Å². The maximum Gasteiger partial charge on any atom is 0.335 e. The lowest BCUT2D eigenvalue weighted by molar-refractivity contribution is -0.122. The summed E-state index contributed by atoms with van der Waals surface area (Å²) in [5.41, 5.74) is 1.43. The maximum atomic E-state index is 13.1. The van der Waals surface area contributed by atoms with E-state index in [0.717, 1.165) is 10.5 Å². The Bertz CT molecular complexity index is 1380. The van der Waals surface area contributed by atoms with Crippen molar-refractivity contribution in [3.05, 3.63) is 91.0 Å². The summed E-state index contributed by atoms with van der Waals surface area (Å²) >= 11 is 14.1. The van der Waals surface area contributed by atoms with E-state index in [1.54, 1.807) is 42.5 Å². The highest BCUT2D eigenvalue weighted by atomic mass is 127. The second-order valence-electron chi connectivity index (χ2n) is 7.39. The number of benzene rings is 3. The van der Waals surface area contributed by atoms with E-state index >= 15 is 0 Å². The van der Waals surface area contributed by atoms with Gasteiger partial charge in [-0.2, -0.15) is 0 Å². The molecule has 0 aliphatic carbocycles. The van der Waals surface area contributed by atoms with Crippen LogP contribution in [0, 0.1) is 3.57 Å². The Morgan fingerprint density at radius 2 is 1.71 bits per heavy atom. The van der Waals surface area contributed by atoms with Crippen molar-refractivity contribution in [2.45, 2.75) is 6.61 Å². The van der Waals surface area contributed by atoms with Crippen LogP contribution in [0.1, 0.15) is 11.1 Å². The lowest BCUT2D eigenvalue weighted by atomic mass is 10.1. The molecular weight excluding hydrogens is 606 g/mol. The van der Waals surface area contributed by atoms with Crippen molar-refractivity contribution in [3.63, 3.8) is 0 Å². The molecular formula is C25H17Cl2IN2O5. The molecule has 7 nitrogen and oxygen atoms in total. The number of hydrogen-bond donors (Lipinski definition) is 1. The second-order valence-corrected chi connectivity index (χ2v) is 9.43. The predicted molar refractivity (Wildman–Crippen MR) is 142 cm³/mol. The first kappa shape index (κ1) is 25.0. The maximum absolute atomic E-state index is 13.1. The molecule has 1 aliphatic rings. The van der Waals surface area contributed by atoms with Gasteiger partial charge in [0.2, 0.25) is 0 Å². The Balaban J connectivity index is 1.64. The molecule has 0 saturated carbocycles. The zero-order chi connectivity index (χ0) is 25.1. The van der Waals surface area contributed by atoms with Gasteiger partial charge in [0.25, 0.3) is 11.8 Å². The van der Waals surface area contributed by atoms with Crippen LogP contribution in [-0.2, 0) is 16.2 Å². The third-order valence-corrected chi connectivity index (χ3v) is 6.27. The normalized spacial score (nSPS) is 14.8. The Hall–Kier alpha value is -3.08. The summed E-state index contributed by atoms with van der Waals surface area (Å²) in [5, 5.41) is 3.15. The molecule has 0 spiro atoms. The molecule has 178 valence electrons. The van der Waals surface area contributed by atoms with Gasteiger partial charge in [0, 0.05) is 10.0 Å². The molecule has 1 saturated heterocycles. The van der Waals surface area contributed by atoms with Crippen LogP contribution in [0.4, 0.5) is 10.5 Å². The number of carbonyl (C=O) groups excluding carboxylic acids is 3. The highest BCUT2D eigenvalue weighted by molar-refractivity contribution is 14.1. The molecule has 35 heavy (non-hydrogen) atoms. The molecule has 0 aromatic heterocycles. The average Bonchev–Trinajstić information content (AvgIpc) is 2.80. The number of carbonyl (C=O) groups is 3. The highest BCUT2D eigenvalue weighted by Crippen LogP contribution is 2.36. The van der Waals surface area contributed by atoms with Crippen molar-refractivity contribution in [1.82, 2.24) is 5.32 Å². The molecule has 1 heterocycles. The van der Waals surface area contributed by atoms with Gasteiger partial charge in [0.1, 0.15) is 12.2 Å². The Kier molecular flexibility index (Phi) is 7.63. The lowest BCUT2D eigenvalue weighted by Gasteiger charge is -2.26. The molecule has 1 fully saturated rings. The molecule has 1 N–H and O–H groups in total. The van der Waals surface area contributed by atoms with Crippen molar-refractivity contribution >= 4 is 75.4 Å². The van der Waals surface area contributed by atoms with E-state index in [9.17, 15) is 14.4 Å². The smallest absolute Gasteiger partial charge is 0.335 e. The largest absolute Gasteiger partial charge is 0.493 e. The number of anilines is 1. The number of imide groups is 2. The third-order valence-electron chi connectivity index (χ3n) is 5.00. The topological polar surface area (TPSA) is 84.9 Å². The first-order valence-corrected chi connectivity index (χ1v) is 12.0. The first-order chi connectivity index (χ1) is 16.8. The number of hydrogen-bond acceptors (Lipinski definition) is 5. The van der Waals surface area contributed by atoms with Gasteiger partial charge in [-0.25, -0.2) is 9.69 Å². The van der Waals surface area contributed by atoms with Crippen molar-refractivity contribution in [3.8, 4) is 11.5 Å². The number of nitrogens with zero attached hydrogens (tertiary/aromatic N) is 1. The summed E-state index contributed by atoms with van der Waals surface area (Å²) in [4.78, 5) is 38.9. The van der Waals surface area contributed by atoms with E-state index in [-0.39, 0.29) is 17.9 Å². The van der Waals surface area contributed by atoms with E-state index in [1.807, 2.05) is 12.1 Å². The lowest BCUT2D eigenvalue weighted by Crippen LogP contribution is -2.54. The Morgan fingerprint density at radius 1 is 1.00 bits per heavy atom. The molecule has 0 bridgehead atoms. The molecule has 3 aromatic rings. The van der Waals surface area contributed by atoms with E-state index in [4.69, 9.17) is 32.7 Å². The number of ether oxygens (including phenoxy) is 2. The van der Waals surface area contributed by atoms with Gasteiger partial charge in [-0.15, -0.1) is 0 Å².